The first-order chi connectivity index (χ1) is 11.0. The Morgan fingerprint density at radius 3 is 1.62 bits per heavy atom. The lowest BCUT2D eigenvalue weighted by Gasteiger charge is -2.17. The zero-order valence-corrected chi connectivity index (χ0v) is 16.4. The van der Waals surface area contributed by atoms with Gasteiger partial charge in [0.1, 0.15) is 0 Å². The van der Waals surface area contributed by atoms with Crippen LogP contribution in [0.15, 0.2) is 0 Å². The number of ether oxygens (including phenoxy) is 1. The molecule has 0 saturated heterocycles. The summed E-state index contributed by atoms with van der Waals surface area (Å²) in [6.07, 6.45) is 5.39. The van der Waals surface area contributed by atoms with E-state index < -0.39 is 0 Å². The Hall–Kier alpha value is -1.10. The van der Waals surface area contributed by atoms with E-state index in [1.165, 1.54) is 0 Å². The molecule has 0 aromatic rings. The molecular formula is C19H36O5. The summed E-state index contributed by atoms with van der Waals surface area (Å²) in [7, 11) is 0. The van der Waals surface area contributed by atoms with Crippen LogP contribution in [-0.4, -0.2) is 25.2 Å². The van der Waals surface area contributed by atoms with E-state index in [2.05, 4.69) is 0 Å². The molecule has 0 rings (SSSR count). The zero-order chi connectivity index (χ0) is 18.6. The van der Waals surface area contributed by atoms with Crippen LogP contribution in [0.2, 0.25) is 0 Å². The Morgan fingerprint density at radius 2 is 1.12 bits per heavy atom. The maximum atomic E-state index is 11.5. The van der Waals surface area contributed by atoms with Crippen LogP contribution in [-0.2, 0) is 24.1 Å². The normalized spacial score (nSPS) is 12.1. The van der Waals surface area contributed by atoms with Crippen LogP contribution >= 0.6 is 0 Å². The molecular weight excluding hydrogens is 308 g/mol. The van der Waals surface area contributed by atoms with Crippen LogP contribution in [0.25, 0.3) is 0 Å². The molecule has 142 valence electrons. The Kier molecular flexibility index (Phi) is 10.9. The third-order valence-corrected chi connectivity index (χ3v) is 3.07. The highest BCUT2D eigenvalue weighted by molar-refractivity contribution is 5.69. The minimum Gasteiger partial charge on any atom is -0.465 e. The van der Waals surface area contributed by atoms with Crippen molar-refractivity contribution in [2.45, 2.75) is 86.5 Å². The highest BCUT2D eigenvalue weighted by Crippen LogP contribution is 2.15. The van der Waals surface area contributed by atoms with Gasteiger partial charge in [-0.25, -0.2) is 4.79 Å². The average molecular weight is 344 g/mol. The van der Waals surface area contributed by atoms with Crippen LogP contribution in [0.1, 0.15) is 86.5 Å². The predicted molar refractivity (Wildman–Crippen MR) is 94.2 cm³/mol. The fourth-order valence-electron chi connectivity index (χ4n) is 1.75. The van der Waals surface area contributed by atoms with E-state index >= 15 is 0 Å². The van der Waals surface area contributed by atoms with Gasteiger partial charge in [0.15, 0.2) is 0 Å². The largest absolute Gasteiger partial charge is 0.465 e. The van der Waals surface area contributed by atoms with Crippen molar-refractivity contribution in [3.8, 4) is 0 Å². The van der Waals surface area contributed by atoms with Gasteiger partial charge in [0.25, 0.3) is 0 Å². The average Bonchev–Trinajstić information content (AvgIpc) is 2.42. The van der Waals surface area contributed by atoms with Crippen molar-refractivity contribution in [3.63, 3.8) is 0 Å². The molecule has 0 aromatic heterocycles. The number of unbranched alkanes of at least 4 members (excludes halogenated alkanes) is 4. The maximum absolute atomic E-state index is 11.5. The van der Waals surface area contributed by atoms with Crippen molar-refractivity contribution in [1.29, 1.82) is 0 Å². The molecule has 24 heavy (non-hydrogen) atoms. The first-order valence-electron chi connectivity index (χ1n) is 8.97. The zero-order valence-electron chi connectivity index (χ0n) is 16.4. The third-order valence-electron chi connectivity index (χ3n) is 3.07. The van der Waals surface area contributed by atoms with E-state index in [1.54, 1.807) is 0 Å². The smallest absolute Gasteiger partial charge is 0.342 e. The number of rotatable bonds is 11. The predicted octanol–water partition coefficient (Wildman–Crippen LogP) is 4.83. The Labute approximate surface area is 147 Å². The van der Waals surface area contributed by atoms with Gasteiger partial charge in [0.2, 0.25) is 0 Å². The number of esters is 1. The van der Waals surface area contributed by atoms with Crippen molar-refractivity contribution >= 4 is 11.9 Å². The first-order valence-corrected chi connectivity index (χ1v) is 8.97. The van der Waals surface area contributed by atoms with Crippen molar-refractivity contribution in [1.82, 2.24) is 0 Å². The fourth-order valence-corrected chi connectivity index (χ4v) is 1.75. The highest BCUT2D eigenvalue weighted by atomic mass is 17.2. The van der Waals surface area contributed by atoms with Crippen LogP contribution < -0.4 is 0 Å². The molecule has 0 atom stereocenters. The third kappa shape index (κ3) is 17.3. The fraction of sp³-hybridized carbons (Fsp3) is 0.895. The molecule has 0 aromatic carbocycles. The lowest BCUT2D eigenvalue weighted by molar-refractivity contribution is -0.282. The lowest BCUT2D eigenvalue weighted by atomic mass is 9.99. The molecule has 0 bridgehead atoms. The van der Waals surface area contributed by atoms with Gasteiger partial charge in [-0.15, -0.1) is 0 Å². The molecule has 0 aliphatic heterocycles. The summed E-state index contributed by atoms with van der Waals surface area (Å²) >= 11 is 0. The number of carbonyl (C=O) groups is 2. The quantitative estimate of drug-likeness (QED) is 0.232. The van der Waals surface area contributed by atoms with Crippen LogP contribution in [0.5, 0.6) is 0 Å². The first kappa shape index (κ1) is 22.9. The molecule has 0 aliphatic carbocycles. The summed E-state index contributed by atoms with van der Waals surface area (Å²) in [5.41, 5.74) is -0.00479. The molecule has 0 aliphatic rings. The van der Waals surface area contributed by atoms with Gasteiger partial charge in [0, 0.05) is 12.8 Å². The van der Waals surface area contributed by atoms with E-state index in [0.717, 1.165) is 32.1 Å². The number of carbonyl (C=O) groups excluding carboxylic acids is 2. The van der Waals surface area contributed by atoms with E-state index in [9.17, 15) is 9.59 Å². The maximum Gasteiger partial charge on any atom is 0.342 e. The van der Waals surface area contributed by atoms with E-state index in [0.29, 0.717) is 26.1 Å². The molecule has 0 radical (unpaired) electrons. The molecule has 0 saturated carbocycles. The molecule has 0 unspecified atom stereocenters. The molecule has 0 amide bonds. The molecule has 0 fully saturated rings. The van der Waals surface area contributed by atoms with Crippen LogP contribution in [0.3, 0.4) is 0 Å². The topological polar surface area (TPSA) is 61.8 Å². The van der Waals surface area contributed by atoms with E-state index in [-0.39, 0.29) is 22.8 Å². The van der Waals surface area contributed by atoms with E-state index in [1.807, 2.05) is 41.5 Å². The summed E-state index contributed by atoms with van der Waals surface area (Å²) in [6, 6.07) is 0. The van der Waals surface area contributed by atoms with Gasteiger partial charge in [0.05, 0.1) is 13.2 Å². The summed E-state index contributed by atoms with van der Waals surface area (Å²) in [5.74, 6) is -0.436. The minimum atomic E-state index is -0.315. The van der Waals surface area contributed by atoms with Gasteiger partial charge in [-0.05, 0) is 23.7 Å². The van der Waals surface area contributed by atoms with Gasteiger partial charge >= 0.3 is 11.9 Å². The standard InChI is InChI=1S/C19H36O5/c1-18(2,3)14-22-16(20)12-10-8-7-9-11-13-17(21)24-23-15-19(4,5)6/h7-15H2,1-6H3. The molecule has 5 heteroatoms. The second-order valence-corrected chi connectivity index (χ2v) is 8.77. The molecule has 5 nitrogen and oxygen atoms in total. The van der Waals surface area contributed by atoms with Crippen molar-refractivity contribution in [2.24, 2.45) is 10.8 Å². The van der Waals surface area contributed by atoms with Crippen LogP contribution in [0.4, 0.5) is 0 Å². The second kappa shape index (κ2) is 11.5. The summed E-state index contributed by atoms with van der Waals surface area (Å²) < 4.78 is 5.21. The van der Waals surface area contributed by atoms with Gasteiger partial charge in [-0.1, -0.05) is 60.8 Å². The highest BCUT2D eigenvalue weighted by Gasteiger charge is 2.14. The van der Waals surface area contributed by atoms with Crippen LogP contribution in [0, 0.1) is 10.8 Å². The Balaban J connectivity index is 3.44. The summed E-state index contributed by atoms with van der Waals surface area (Å²) in [5, 5.41) is 0. The van der Waals surface area contributed by atoms with Crippen molar-refractivity contribution < 1.29 is 24.1 Å². The van der Waals surface area contributed by atoms with Gasteiger partial charge < -0.3 is 4.74 Å². The Morgan fingerprint density at radius 1 is 0.667 bits per heavy atom. The number of hydrogen-bond donors (Lipinski definition) is 0. The van der Waals surface area contributed by atoms with Crippen molar-refractivity contribution in [3.05, 3.63) is 0 Å². The second-order valence-electron chi connectivity index (χ2n) is 8.77. The Bertz CT molecular complexity index is 363. The van der Waals surface area contributed by atoms with Crippen molar-refractivity contribution in [2.75, 3.05) is 13.2 Å². The summed E-state index contributed by atoms with van der Waals surface area (Å²) in [6.45, 7) is 13.0. The molecule has 0 spiro atoms. The minimum absolute atomic E-state index is 0.0147. The van der Waals surface area contributed by atoms with Gasteiger partial charge in [-0.3, -0.25) is 9.68 Å². The molecule has 0 heterocycles. The van der Waals surface area contributed by atoms with E-state index in [4.69, 9.17) is 14.5 Å². The lowest BCUT2D eigenvalue weighted by Crippen LogP contribution is -2.18. The molecule has 0 N–H and O–H groups in total. The summed E-state index contributed by atoms with van der Waals surface area (Å²) in [4.78, 5) is 32.7. The van der Waals surface area contributed by atoms with Gasteiger partial charge in [-0.2, -0.15) is 4.89 Å². The SMILES string of the molecule is CC(C)(C)COOC(=O)CCCCCCCC(=O)OCC(C)(C)C. The monoisotopic (exact) mass is 344 g/mol. The number of hydrogen-bond acceptors (Lipinski definition) is 5.